The highest BCUT2D eigenvalue weighted by atomic mass is 16.7. The first-order valence-electron chi connectivity index (χ1n) is 9.70. The first-order chi connectivity index (χ1) is 14.2. The average Bonchev–Trinajstić information content (AvgIpc) is 3.47. The lowest BCUT2D eigenvalue weighted by Gasteiger charge is -2.27. The topological polar surface area (TPSA) is 63.0 Å². The Morgan fingerprint density at radius 1 is 0.862 bits per heavy atom. The summed E-state index contributed by atoms with van der Waals surface area (Å²) in [6.07, 6.45) is 1.57. The number of amides is 2. The molecule has 3 atom stereocenters. The number of rotatable bonds is 4. The summed E-state index contributed by atoms with van der Waals surface area (Å²) >= 11 is 0. The van der Waals surface area contributed by atoms with Crippen molar-refractivity contribution in [2.75, 3.05) is 9.96 Å². The molecule has 0 spiro atoms. The minimum absolute atomic E-state index is 0.274. The highest BCUT2D eigenvalue weighted by Gasteiger charge is 2.61. The summed E-state index contributed by atoms with van der Waals surface area (Å²) in [5.41, 5.74) is 2.48. The van der Waals surface area contributed by atoms with Crippen molar-refractivity contribution in [1.29, 1.82) is 0 Å². The van der Waals surface area contributed by atoms with Gasteiger partial charge in [-0.2, -0.15) is 0 Å². The van der Waals surface area contributed by atoms with Crippen molar-refractivity contribution >= 4 is 23.2 Å². The number of hydrogen-bond acceptors (Lipinski definition) is 5. The third-order valence-corrected chi connectivity index (χ3v) is 5.56. The Morgan fingerprint density at radius 2 is 1.62 bits per heavy atom. The van der Waals surface area contributed by atoms with E-state index < -0.39 is 18.1 Å². The number of furan rings is 1. The molecular formula is C23H20N2O4. The lowest BCUT2D eigenvalue weighted by Crippen LogP contribution is -2.37. The number of fused-ring (bicyclic) bond motifs is 1. The van der Waals surface area contributed by atoms with Crippen LogP contribution in [0.4, 0.5) is 11.4 Å². The molecule has 2 saturated heterocycles. The lowest BCUT2D eigenvalue weighted by molar-refractivity contribution is -0.126. The van der Waals surface area contributed by atoms with Gasteiger partial charge in [-0.15, -0.1) is 0 Å². The van der Waals surface area contributed by atoms with Gasteiger partial charge in [0.1, 0.15) is 17.7 Å². The molecule has 146 valence electrons. The smallest absolute Gasteiger partial charge is 0.266 e. The number of hydroxylamine groups is 1. The predicted octanol–water partition coefficient (Wildman–Crippen LogP) is 3.89. The number of hydrogen-bond donors (Lipinski definition) is 0. The van der Waals surface area contributed by atoms with Crippen LogP contribution in [0.2, 0.25) is 0 Å². The van der Waals surface area contributed by atoms with Gasteiger partial charge < -0.3 is 4.42 Å². The van der Waals surface area contributed by atoms with Gasteiger partial charge in [0.15, 0.2) is 6.10 Å². The third kappa shape index (κ3) is 2.76. The van der Waals surface area contributed by atoms with Crippen molar-refractivity contribution in [3.05, 3.63) is 84.3 Å². The monoisotopic (exact) mass is 388 g/mol. The zero-order chi connectivity index (χ0) is 20.0. The molecule has 0 aliphatic carbocycles. The second-order valence-electron chi connectivity index (χ2n) is 7.21. The van der Waals surface area contributed by atoms with Gasteiger partial charge in [-0.3, -0.25) is 14.4 Å². The Morgan fingerprint density at radius 3 is 2.28 bits per heavy atom. The Balaban J connectivity index is 1.54. The fourth-order valence-corrected chi connectivity index (χ4v) is 4.10. The molecule has 3 aromatic rings. The summed E-state index contributed by atoms with van der Waals surface area (Å²) in [6.45, 7) is 2.06. The fraction of sp³-hybridized carbons (Fsp3) is 0.217. The Bertz CT molecular complexity index is 1030. The van der Waals surface area contributed by atoms with Crippen LogP contribution < -0.4 is 9.96 Å². The third-order valence-electron chi connectivity index (χ3n) is 5.56. The first kappa shape index (κ1) is 17.7. The van der Waals surface area contributed by atoms with Gasteiger partial charge in [0.25, 0.3) is 5.91 Å². The molecule has 3 heterocycles. The molecule has 0 N–H and O–H groups in total. The number of imide groups is 1. The van der Waals surface area contributed by atoms with Gasteiger partial charge in [-0.1, -0.05) is 37.3 Å². The van der Waals surface area contributed by atoms with Gasteiger partial charge in [0, 0.05) is 0 Å². The molecule has 2 aromatic carbocycles. The van der Waals surface area contributed by atoms with E-state index >= 15 is 0 Å². The van der Waals surface area contributed by atoms with Crippen LogP contribution in [0.5, 0.6) is 0 Å². The van der Waals surface area contributed by atoms with Crippen LogP contribution in [0, 0.1) is 5.92 Å². The number of anilines is 2. The predicted molar refractivity (Wildman–Crippen MR) is 107 cm³/mol. The van der Waals surface area contributed by atoms with E-state index in [2.05, 4.69) is 6.92 Å². The van der Waals surface area contributed by atoms with Gasteiger partial charge >= 0.3 is 0 Å². The van der Waals surface area contributed by atoms with E-state index in [0.29, 0.717) is 11.4 Å². The second-order valence-corrected chi connectivity index (χ2v) is 7.21. The molecule has 6 heteroatoms. The van der Waals surface area contributed by atoms with E-state index in [0.717, 1.165) is 17.7 Å². The van der Waals surface area contributed by atoms with E-state index in [1.54, 1.807) is 17.4 Å². The zero-order valence-corrected chi connectivity index (χ0v) is 15.9. The summed E-state index contributed by atoms with van der Waals surface area (Å²) in [6, 6.07) is 20.0. The van der Waals surface area contributed by atoms with Crippen LogP contribution in [0.15, 0.2) is 77.4 Å². The quantitative estimate of drug-likeness (QED) is 0.635. The normalized spacial score (nSPS) is 23.7. The largest absolute Gasteiger partial charge is 0.467 e. The van der Waals surface area contributed by atoms with Crippen LogP contribution >= 0.6 is 0 Å². The highest BCUT2D eigenvalue weighted by molar-refractivity contribution is 6.23. The van der Waals surface area contributed by atoms with Gasteiger partial charge in [0.05, 0.1) is 17.6 Å². The molecule has 2 fully saturated rings. The van der Waals surface area contributed by atoms with Gasteiger partial charge in [-0.05, 0) is 48.4 Å². The summed E-state index contributed by atoms with van der Waals surface area (Å²) in [5, 5.41) is 1.63. The van der Waals surface area contributed by atoms with Crippen molar-refractivity contribution in [2.24, 2.45) is 5.92 Å². The van der Waals surface area contributed by atoms with E-state index in [9.17, 15) is 9.59 Å². The maximum absolute atomic E-state index is 13.4. The van der Waals surface area contributed by atoms with Crippen LogP contribution in [0.1, 0.15) is 24.3 Å². The summed E-state index contributed by atoms with van der Waals surface area (Å²) < 4.78 is 5.63. The molecule has 2 aliphatic heterocycles. The molecular weight excluding hydrogens is 368 g/mol. The fourth-order valence-electron chi connectivity index (χ4n) is 4.10. The van der Waals surface area contributed by atoms with Gasteiger partial charge in [-0.25, -0.2) is 9.96 Å². The lowest BCUT2D eigenvalue weighted by atomic mass is 9.94. The van der Waals surface area contributed by atoms with Crippen molar-refractivity contribution in [2.45, 2.75) is 25.5 Å². The molecule has 0 radical (unpaired) electrons. The van der Waals surface area contributed by atoms with Crippen molar-refractivity contribution in [1.82, 2.24) is 0 Å². The molecule has 29 heavy (non-hydrogen) atoms. The molecule has 2 aliphatic rings. The maximum atomic E-state index is 13.4. The average molecular weight is 388 g/mol. The van der Waals surface area contributed by atoms with E-state index in [-0.39, 0.29) is 11.8 Å². The van der Waals surface area contributed by atoms with Gasteiger partial charge in [0.2, 0.25) is 5.91 Å². The van der Waals surface area contributed by atoms with Crippen LogP contribution in [0.25, 0.3) is 0 Å². The number of carbonyl (C=O) groups is 2. The maximum Gasteiger partial charge on any atom is 0.266 e. The summed E-state index contributed by atoms with van der Waals surface area (Å²) in [4.78, 5) is 33.9. The molecule has 5 rings (SSSR count). The van der Waals surface area contributed by atoms with E-state index in [4.69, 9.17) is 9.25 Å². The summed E-state index contributed by atoms with van der Waals surface area (Å²) in [5.74, 6) is -0.714. The van der Waals surface area contributed by atoms with Crippen molar-refractivity contribution in [3.8, 4) is 0 Å². The van der Waals surface area contributed by atoms with Crippen LogP contribution in [0.3, 0.4) is 0 Å². The SMILES string of the molecule is CCc1ccc(N2C(=O)[C@@H]3[C@H](ON(c4ccccc4)[C@H]3c3ccco3)C2=O)cc1. The second kappa shape index (κ2) is 6.90. The Hall–Kier alpha value is -3.38. The Labute approximate surface area is 168 Å². The first-order valence-corrected chi connectivity index (χ1v) is 9.70. The zero-order valence-electron chi connectivity index (χ0n) is 15.9. The molecule has 1 aromatic heterocycles. The van der Waals surface area contributed by atoms with E-state index in [1.165, 1.54) is 4.90 Å². The molecule has 0 bridgehead atoms. The highest BCUT2D eigenvalue weighted by Crippen LogP contribution is 2.47. The Kier molecular flexibility index (Phi) is 4.21. The van der Waals surface area contributed by atoms with E-state index in [1.807, 2.05) is 60.7 Å². The standard InChI is InChI=1S/C23H20N2O4/c1-2-15-10-12-16(13-11-15)24-22(26)19-20(18-9-6-14-28-18)25(29-21(19)23(24)27)17-7-4-3-5-8-17/h3-14,19-21H,2H2,1H3/t19-,20-,21-/m0/s1. The van der Waals surface area contributed by atoms with Crippen LogP contribution in [-0.2, 0) is 20.8 Å². The molecule has 0 unspecified atom stereocenters. The van der Waals surface area contributed by atoms with Crippen LogP contribution in [-0.4, -0.2) is 17.9 Å². The van der Waals surface area contributed by atoms with Crippen molar-refractivity contribution < 1.29 is 18.8 Å². The minimum atomic E-state index is -0.886. The number of para-hydroxylation sites is 1. The number of benzene rings is 2. The summed E-state index contributed by atoms with van der Waals surface area (Å²) in [7, 11) is 0. The number of carbonyl (C=O) groups excluding carboxylic acids is 2. The van der Waals surface area contributed by atoms with Crippen molar-refractivity contribution in [3.63, 3.8) is 0 Å². The number of nitrogens with zero attached hydrogens (tertiary/aromatic N) is 2. The number of aryl methyl sites for hydroxylation is 1. The molecule has 6 nitrogen and oxygen atoms in total. The minimum Gasteiger partial charge on any atom is -0.467 e. The molecule has 0 saturated carbocycles. The molecule has 2 amide bonds.